The third kappa shape index (κ3) is 3.20. The van der Waals surface area contributed by atoms with Gasteiger partial charge in [0.25, 0.3) is 0 Å². The number of rotatable bonds is 4. The molecule has 1 aliphatic rings. The second-order valence-electron chi connectivity index (χ2n) is 4.45. The average Bonchev–Trinajstić information content (AvgIpc) is 2.72. The predicted molar refractivity (Wildman–Crippen MR) is 67.9 cm³/mol. The zero-order valence-electron chi connectivity index (χ0n) is 9.56. The first kappa shape index (κ1) is 12.4. The number of aliphatic hydroxyl groups excluding tert-OH is 1. The third-order valence-electron chi connectivity index (χ3n) is 3.31. The Balaban J connectivity index is 1.93. The number of halogens is 1. The molecule has 17 heavy (non-hydrogen) atoms. The zero-order valence-corrected chi connectivity index (χ0v) is 10.3. The van der Waals surface area contributed by atoms with Crippen molar-refractivity contribution in [3.63, 3.8) is 0 Å². The SMILES string of the molecule is Nc1nc(Cl)cc(NCC2CCCC2CO)n1. The summed E-state index contributed by atoms with van der Waals surface area (Å²) in [5.74, 6) is 1.71. The van der Waals surface area contributed by atoms with Crippen molar-refractivity contribution in [3.8, 4) is 0 Å². The number of hydrogen-bond donors (Lipinski definition) is 3. The Labute approximate surface area is 105 Å². The van der Waals surface area contributed by atoms with Crippen molar-refractivity contribution in [2.75, 3.05) is 24.2 Å². The minimum atomic E-state index is 0.171. The van der Waals surface area contributed by atoms with Gasteiger partial charge in [0.05, 0.1) is 0 Å². The van der Waals surface area contributed by atoms with Gasteiger partial charge in [-0.15, -0.1) is 0 Å². The largest absolute Gasteiger partial charge is 0.396 e. The van der Waals surface area contributed by atoms with Gasteiger partial charge < -0.3 is 16.2 Å². The molecular weight excluding hydrogens is 240 g/mol. The summed E-state index contributed by atoms with van der Waals surface area (Å²) in [6.07, 6.45) is 3.44. The van der Waals surface area contributed by atoms with E-state index in [1.165, 1.54) is 6.42 Å². The summed E-state index contributed by atoms with van der Waals surface area (Å²) in [6.45, 7) is 1.05. The van der Waals surface area contributed by atoms with Crippen molar-refractivity contribution in [1.29, 1.82) is 0 Å². The first-order valence-corrected chi connectivity index (χ1v) is 6.21. The lowest BCUT2D eigenvalue weighted by Crippen LogP contribution is -2.21. The summed E-state index contributed by atoms with van der Waals surface area (Å²) in [6, 6.07) is 1.65. The summed E-state index contributed by atoms with van der Waals surface area (Å²) >= 11 is 5.79. The average molecular weight is 257 g/mol. The summed E-state index contributed by atoms with van der Waals surface area (Å²) in [5.41, 5.74) is 5.51. The lowest BCUT2D eigenvalue weighted by molar-refractivity contribution is 0.199. The van der Waals surface area contributed by atoms with Crippen LogP contribution in [0.25, 0.3) is 0 Å². The highest BCUT2D eigenvalue weighted by Gasteiger charge is 2.26. The van der Waals surface area contributed by atoms with Gasteiger partial charge in [-0.3, -0.25) is 0 Å². The van der Waals surface area contributed by atoms with Crippen molar-refractivity contribution in [2.45, 2.75) is 19.3 Å². The van der Waals surface area contributed by atoms with Crippen LogP contribution < -0.4 is 11.1 Å². The fourth-order valence-electron chi connectivity index (χ4n) is 2.38. The summed E-state index contributed by atoms with van der Waals surface area (Å²) in [5, 5.41) is 12.8. The molecule has 2 atom stereocenters. The van der Waals surface area contributed by atoms with Crippen molar-refractivity contribution in [3.05, 3.63) is 11.2 Å². The molecule has 0 saturated heterocycles. The van der Waals surface area contributed by atoms with Crippen LogP contribution in [0.5, 0.6) is 0 Å². The maximum Gasteiger partial charge on any atom is 0.223 e. The normalized spacial score (nSPS) is 23.9. The lowest BCUT2D eigenvalue weighted by atomic mass is 9.97. The van der Waals surface area contributed by atoms with E-state index >= 15 is 0 Å². The molecule has 2 unspecified atom stereocenters. The van der Waals surface area contributed by atoms with Crippen molar-refractivity contribution < 1.29 is 5.11 Å². The molecule has 4 N–H and O–H groups in total. The Morgan fingerprint density at radius 2 is 2.18 bits per heavy atom. The first-order valence-electron chi connectivity index (χ1n) is 5.84. The molecule has 1 aliphatic carbocycles. The van der Waals surface area contributed by atoms with E-state index < -0.39 is 0 Å². The van der Waals surface area contributed by atoms with Crippen LogP contribution in [0.2, 0.25) is 5.15 Å². The van der Waals surface area contributed by atoms with E-state index in [-0.39, 0.29) is 12.6 Å². The standard InChI is InChI=1S/C11H17ClN4O/c12-9-4-10(16-11(13)15-9)14-5-7-2-1-3-8(7)6-17/h4,7-8,17H,1-3,5-6H2,(H3,13,14,15,16). The molecular formula is C11H17ClN4O. The number of hydrogen-bond acceptors (Lipinski definition) is 5. The van der Waals surface area contributed by atoms with Gasteiger partial charge in [-0.05, 0) is 24.7 Å². The van der Waals surface area contributed by atoms with Gasteiger partial charge >= 0.3 is 0 Å². The second kappa shape index (κ2) is 5.51. The molecule has 1 aromatic rings. The molecule has 0 spiro atoms. The Morgan fingerprint density at radius 3 is 2.88 bits per heavy atom. The number of nitrogen functional groups attached to an aromatic ring is 1. The zero-order chi connectivity index (χ0) is 12.3. The minimum Gasteiger partial charge on any atom is -0.396 e. The van der Waals surface area contributed by atoms with Gasteiger partial charge in [0, 0.05) is 19.2 Å². The molecule has 0 aliphatic heterocycles. The van der Waals surface area contributed by atoms with Crippen LogP contribution in [0.15, 0.2) is 6.07 Å². The third-order valence-corrected chi connectivity index (χ3v) is 3.50. The van der Waals surface area contributed by atoms with Crippen molar-refractivity contribution in [1.82, 2.24) is 9.97 Å². The molecule has 1 fully saturated rings. The fourth-order valence-corrected chi connectivity index (χ4v) is 2.57. The Bertz CT molecular complexity index is 367. The molecule has 1 saturated carbocycles. The molecule has 1 heterocycles. The molecule has 5 nitrogen and oxygen atoms in total. The van der Waals surface area contributed by atoms with Crippen LogP contribution in [-0.2, 0) is 0 Å². The van der Waals surface area contributed by atoms with E-state index in [0.29, 0.717) is 22.8 Å². The maximum atomic E-state index is 9.23. The summed E-state index contributed by atoms with van der Waals surface area (Å²) in [4.78, 5) is 7.85. The van der Waals surface area contributed by atoms with E-state index in [2.05, 4.69) is 15.3 Å². The van der Waals surface area contributed by atoms with Crippen LogP contribution in [0.4, 0.5) is 11.8 Å². The van der Waals surface area contributed by atoms with Crippen LogP contribution >= 0.6 is 11.6 Å². The van der Waals surface area contributed by atoms with Gasteiger partial charge in [0.15, 0.2) is 0 Å². The van der Waals surface area contributed by atoms with E-state index in [1.54, 1.807) is 6.07 Å². The highest BCUT2D eigenvalue weighted by molar-refractivity contribution is 6.29. The van der Waals surface area contributed by atoms with Gasteiger partial charge in [0.1, 0.15) is 11.0 Å². The number of anilines is 2. The van der Waals surface area contributed by atoms with Crippen LogP contribution in [-0.4, -0.2) is 28.2 Å². The number of nitrogens with zero attached hydrogens (tertiary/aromatic N) is 2. The summed E-state index contributed by atoms with van der Waals surface area (Å²) in [7, 11) is 0. The predicted octanol–water partition coefficient (Wildman–Crippen LogP) is 1.53. The molecule has 0 aromatic carbocycles. The van der Waals surface area contributed by atoms with E-state index in [0.717, 1.165) is 19.4 Å². The Hall–Kier alpha value is -1.07. The van der Waals surface area contributed by atoms with Gasteiger partial charge in [-0.2, -0.15) is 4.98 Å². The van der Waals surface area contributed by atoms with Gasteiger partial charge in [-0.25, -0.2) is 4.98 Å². The molecule has 2 rings (SSSR count). The van der Waals surface area contributed by atoms with E-state index in [9.17, 15) is 5.11 Å². The Kier molecular flexibility index (Phi) is 4.02. The quantitative estimate of drug-likeness (QED) is 0.712. The van der Waals surface area contributed by atoms with E-state index in [1.807, 2.05) is 0 Å². The van der Waals surface area contributed by atoms with Crippen molar-refractivity contribution in [2.24, 2.45) is 11.8 Å². The molecule has 0 amide bonds. The molecule has 0 bridgehead atoms. The van der Waals surface area contributed by atoms with E-state index in [4.69, 9.17) is 17.3 Å². The van der Waals surface area contributed by atoms with Crippen LogP contribution in [0.1, 0.15) is 19.3 Å². The number of nitrogens with two attached hydrogens (primary N) is 1. The maximum absolute atomic E-state index is 9.23. The summed E-state index contributed by atoms with van der Waals surface area (Å²) < 4.78 is 0. The number of aliphatic hydroxyl groups is 1. The highest BCUT2D eigenvalue weighted by atomic mass is 35.5. The minimum absolute atomic E-state index is 0.171. The molecule has 94 valence electrons. The topological polar surface area (TPSA) is 84.1 Å². The molecule has 1 aromatic heterocycles. The highest BCUT2D eigenvalue weighted by Crippen LogP contribution is 2.31. The number of aromatic nitrogens is 2. The second-order valence-corrected chi connectivity index (χ2v) is 4.84. The van der Waals surface area contributed by atoms with Crippen molar-refractivity contribution >= 4 is 23.4 Å². The Morgan fingerprint density at radius 1 is 1.41 bits per heavy atom. The molecule has 0 radical (unpaired) electrons. The van der Waals surface area contributed by atoms with Gasteiger partial charge in [-0.1, -0.05) is 18.0 Å². The number of nitrogens with one attached hydrogen (secondary N) is 1. The first-order chi connectivity index (χ1) is 8.19. The van der Waals surface area contributed by atoms with Gasteiger partial charge in [0.2, 0.25) is 5.95 Å². The monoisotopic (exact) mass is 256 g/mol. The lowest BCUT2D eigenvalue weighted by Gasteiger charge is -2.18. The van der Waals surface area contributed by atoms with Crippen LogP contribution in [0, 0.1) is 11.8 Å². The smallest absolute Gasteiger partial charge is 0.223 e. The van der Waals surface area contributed by atoms with Crippen LogP contribution in [0.3, 0.4) is 0 Å². The molecule has 6 heteroatoms. The fraction of sp³-hybridized carbons (Fsp3) is 0.636.